The highest BCUT2D eigenvalue weighted by molar-refractivity contribution is 5.69. The quantitative estimate of drug-likeness (QED) is 0.853. The van der Waals surface area contributed by atoms with Crippen molar-refractivity contribution in [3.8, 4) is 23.3 Å². The van der Waals surface area contributed by atoms with Gasteiger partial charge in [0.15, 0.2) is 0 Å². The van der Waals surface area contributed by atoms with E-state index in [9.17, 15) is 0 Å². The number of rotatable bonds is 6. The van der Waals surface area contributed by atoms with Gasteiger partial charge in [0.2, 0.25) is 0 Å². The highest BCUT2D eigenvalue weighted by Crippen LogP contribution is 2.46. The molecule has 0 atom stereocenters. The molecule has 0 spiro atoms. The van der Waals surface area contributed by atoms with Gasteiger partial charge in [-0.25, -0.2) is 0 Å². The van der Waals surface area contributed by atoms with Crippen LogP contribution in [0.2, 0.25) is 0 Å². The fraction of sp³-hybridized carbons (Fsp3) is 0.500. The molecule has 0 aromatic heterocycles. The van der Waals surface area contributed by atoms with E-state index in [-0.39, 0.29) is 5.41 Å². The summed E-state index contributed by atoms with van der Waals surface area (Å²) in [5.74, 6) is 1.95. The van der Waals surface area contributed by atoms with Crippen LogP contribution < -0.4 is 19.5 Å². The van der Waals surface area contributed by atoms with E-state index in [1.807, 2.05) is 0 Å². The van der Waals surface area contributed by atoms with Gasteiger partial charge in [-0.05, 0) is 12.8 Å². The summed E-state index contributed by atoms with van der Waals surface area (Å²) in [6.45, 7) is 0.600. The average Bonchev–Trinajstić information content (AvgIpc) is 3.24. The fourth-order valence-electron chi connectivity index (χ4n) is 1.92. The number of nitrogens with zero attached hydrogens (tertiary/aromatic N) is 1. The smallest absolute Gasteiger partial charge is 0.149 e. The number of nitrogens with one attached hydrogen (secondary N) is 1. The number of nitriles is 1. The zero-order valence-corrected chi connectivity index (χ0v) is 11.4. The van der Waals surface area contributed by atoms with Crippen LogP contribution in [0.4, 0.5) is 5.69 Å². The molecular weight excluding hydrogens is 244 g/mol. The SMILES string of the molecule is COc1cc(OC)c(NCC2(C#N)CC2)c(OC)c1. The van der Waals surface area contributed by atoms with Crippen LogP contribution in [0.3, 0.4) is 0 Å². The first-order valence-electron chi connectivity index (χ1n) is 6.13. The summed E-state index contributed by atoms with van der Waals surface area (Å²) in [5, 5.41) is 12.4. The zero-order valence-electron chi connectivity index (χ0n) is 11.4. The first-order chi connectivity index (χ1) is 9.18. The summed E-state index contributed by atoms with van der Waals surface area (Å²) < 4.78 is 15.9. The second-order valence-electron chi connectivity index (χ2n) is 4.65. The zero-order chi connectivity index (χ0) is 13.9. The first-order valence-corrected chi connectivity index (χ1v) is 6.13. The Bertz CT molecular complexity index is 479. The molecule has 19 heavy (non-hydrogen) atoms. The Hall–Kier alpha value is -2.09. The molecule has 0 heterocycles. The van der Waals surface area contributed by atoms with E-state index in [0.717, 1.165) is 18.5 Å². The monoisotopic (exact) mass is 262 g/mol. The lowest BCUT2D eigenvalue weighted by Crippen LogP contribution is -2.14. The van der Waals surface area contributed by atoms with Gasteiger partial charge >= 0.3 is 0 Å². The lowest BCUT2D eigenvalue weighted by atomic mass is 10.1. The Labute approximate surface area is 113 Å². The molecule has 0 radical (unpaired) electrons. The molecule has 0 unspecified atom stereocenters. The van der Waals surface area contributed by atoms with Crippen molar-refractivity contribution in [3.63, 3.8) is 0 Å². The molecule has 102 valence electrons. The van der Waals surface area contributed by atoms with Crippen molar-refractivity contribution in [1.29, 1.82) is 5.26 Å². The van der Waals surface area contributed by atoms with Crippen molar-refractivity contribution in [1.82, 2.24) is 0 Å². The molecule has 1 aliphatic carbocycles. The molecule has 0 bridgehead atoms. The van der Waals surface area contributed by atoms with Crippen LogP contribution in [-0.2, 0) is 0 Å². The van der Waals surface area contributed by atoms with Crippen molar-refractivity contribution >= 4 is 5.69 Å². The molecule has 1 aliphatic rings. The van der Waals surface area contributed by atoms with Crippen LogP contribution in [0.1, 0.15) is 12.8 Å². The van der Waals surface area contributed by atoms with E-state index in [2.05, 4.69) is 11.4 Å². The van der Waals surface area contributed by atoms with Crippen LogP contribution in [0.15, 0.2) is 12.1 Å². The number of anilines is 1. The lowest BCUT2D eigenvalue weighted by Gasteiger charge is -2.17. The van der Waals surface area contributed by atoms with E-state index in [0.29, 0.717) is 23.8 Å². The minimum absolute atomic E-state index is 0.226. The number of ether oxygens (including phenoxy) is 3. The van der Waals surface area contributed by atoms with Gasteiger partial charge in [0.1, 0.15) is 22.9 Å². The third kappa shape index (κ3) is 2.68. The third-order valence-electron chi connectivity index (χ3n) is 3.41. The van der Waals surface area contributed by atoms with Crippen molar-refractivity contribution in [2.75, 3.05) is 33.2 Å². The summed E-state index contributed by atoms with van der Waals surface area (Å²) in [6.07, 6.45) is 1.88. The van der Waals surface area contributed by atoms with Crippen LogP contribution in [0.5, 0.6) is 17.2 Å². The highest BCUT2D eigenvalue weighted by atomic mass is 16.5. The summed E-state index contributed by atoms with van der Waals surface area (Å²) in [5.41, 5.74) is 0.531. The Kier molecular flexibility index (Phi) is 3.70. The summed E-state index contributed by atoms with van der Waals surface area (Å²) in [7, 11) is 4.78. The van der Waals surface area contributed by atoms with Gasteiger partial charge in [-0.15, -0.1) is 0 Å². The molecule has 0 aliphatic heterocycles. The van der Waals surface area contributed by atoms with Crippen molar-refractivity contribution in [2.45, 2.75) is 12.8 Å². The molecule has 5 heteroatoms. The second kappa shape index (κ2) is 5.27. The maximum atomic E-state index is 9.10. The Morgan fingerprint density at radius 1 is 1.16 bits per heavy atom. The number of hydrogen-bond acceptors (Lipinski definition) is 5. The van der Waals surface area contributed by atoms with Crippen molar-refractivity contribution in [3.05, 3.63) is 12.1 Å². The molecule has 0 amide bonds. The standard InChI is InChI=1S/C14H18N2O3/c1-17-10-6-11(18-2)13(12(7-10)19-3)16-9-14(8-15)4-5-14/h6-7,16H,4-5,9H2,1-3H3. The van der Waals surface area contributed by atoms with Gasteiger partial charge in [0.25, 0.3) is 0 Å². The molecule has 1 saturated carbocycles. The summed E-state index contributed by atoms with van der Waals surface area (Å²) in [4.78, 5) is 0. The minimum Gasteiger partial charge on any atom is -0.496 e. The molecule has 2 rings (SSSR count). The highest BCUT2D eigenvalue weighted by Gasteiger charge is 2.43. The van der Waals surface area contributed by atoms with E-state index >= 15 is 0 Å². The van der Waals surface area contributed by atoms with Crippen LogP contribution >= 0.6 is 0 Å². The molecule has 0 saturated heterocycles. The molecule has 5 nitrogen and oxygen atoms in total. The van der Waals surface area contributed by atoms with Gasteiger partial charge in [-0.2, -0.15) is 5.26 Å². The van der Waals surface area contributed by atoms with Gasteiger partial charge in [-0.1, -0.05) is 0 Å². The van der Waals surface area contributed by atoms with Gasteiger partial charge in [0, 0.05) is 18.7 Å². The van der Waals surface area contributed by atoms with Crippen molar-refractivity contribution < 1.29 is 14.2 Å². The van der Waals surface area contributed by atoms with E-state index in [1.165, 1.54) is 0 Å². The molecule has 1 fully saturated rings. The number of methoxy groups -OCH3 is 3. The van der Waals surface area contributed by atoms with Gasteiger partial charge in [-0.3, -0.25) is 0 Å². The van der Waals surface area contributed by atoms with E-state index < -0.39 is 0 Å². The molecule has 1 aromatic carbocycles. The third-order valence-corrected chi connectivity index (χ3v) is 3.41. The largest absolute Gasteiger partial charge is 0.496 e. The Balaban J connectivity index is 2.24. The number of hydrogen-bond donors (Lipinski definition) is 1. The minimum atomic E-state index is -0.226. The van der Waals surface area contributed by atoms with Crippen LogP contribution in [0, 0.1) is 16.7 Å². The molecular formula is C14H18N2O3. The topological polar surface area (TPSA) is 63.5 Å². The van der Waals surface area contributed by atoms with E-state index in [4.69, 9.17) is 19.5 Å². The van der Waals surface area contributed by atoms with Gasteiger partial charge in [0.05, 0.1) is 32.8 Å². The van der Waals surface area contributed by atoms with Crippen molar-refractivity contribution in [2.24, 2.45) is 5.41 Å². The first kappa shape index (κ1) is 13.3. The Morgan fingerprint density at radius 2 is 1.74 bits per heavy atom. The summed E-state index contributed by atoms with van der Waals surface area (Å²) in [6, 6.07) is 5.93. The fourth-order valence-corrected chi connectivity index (χ4v) is 1.92. The molecule has 1 aromatic rings. The van der Waals surface area contributed by atoms with Crippen LogP contribution in [0.25, 0.3) is 0 Å². The predicted octanol–water partition coefficient (Wildman–Crippen LogP) is 2.43. The lowest BCUT2D eigenvalue weighted by molar-refractivity contribution is 0.377. The average molecular weight is 262 g/mol. The van der Waals surface area contributed by atoms with Gasteiger partial charge < -0.3 is 19.5 Å². The summed E-state index contributed by atoms with van der Waals surface area (Å²) >= 11 is 0. The molecule has 1 N–H and O–H groups in total. The maximum Gasteiger partial charge on any atom is 0.149 e. The van der Waals surface area contributed by atoms with E-state index in [1.54, 1.807) is 33.5 Å². The number of benzene rings is 1. The maximum absolute atomic E-state index is 9.10. The Morgan fingerprint density at radius 3 is 2.11 bits per heavy atom. The predicted molar refractivity (Wildman–Crippen MR) is 71.9 cm³/mol. The normalized spacial score (nSPS) is 15.3. The second-order valence-corrected chi connectivity index (χ2v) is 4.65. The van der Waals surface area contributed by atoms with Crippen LogP contribution in [-0.4, -0.2) is 27.9 Å².